The molecule has 1 amide bonds. The van der Waals surface area contributed by atoms with Crippen LogP contribution in [0.5, 0.6) is 0 Å². The van der Waals surface area contributed by atoms with Crippen molar-refractivity contribution in [3.63, 3.8) is 0 Å². The van der Waals surface area contributed by atoms with E-state index in [4.69, 9.17) is 0 Å². The molecule has 1 saturated carbocycles. The Morgan fingerprint density at radius 2 is 1.95 bits per heavy atom. The van der Waals surface area contributed by atoms with Crippen LogP contribution in [0.3, 0.4) is 0 Å². The van der Waals surface area contributed by atoms with Gasteiger partial charge in [-0.2, -0.15) is 0 Å². The summed E-state index contributed by atoms with van der Waals surface area (Å²) >= 11 is 0. The van der Waals surface area contributed by atoms with Gasteiger partial charge >= 0.3 is 0 Å². The summed E-state index contributed by atoms with van der Waals surface area (Å²) < 4.78 is 0. The third kappa shape index (κ3) is 3.53. The summed E-state index contributed by atoms with van der Waals surface area (Å²) in [4.78, 5) is 11.9. The largest absolute Gasteiger partial charge is 0.382 e. The summed E-state index contributed by atoms with van der Waals surface area (Å²) in [6, 6.07) is 8.33. The molecule has 0 heterocycles. The van der Waals surface area contributed by atoms with Crippen LogP contribution < -0.4 is 10.6 Å². The Labute approximate surface area is 122 Å². The molecule has 1 aromatic rings. The van der Waals surface area contributed by atoms with Gasteiger partial charge in [-0.15, -0.1) is 0 Å². The third-order valence-electron chi connectivity index (χ3n) is 4.34. The predicted molar refractivity (Wildman–Crippen MR) is 84.0 cm³/mol. The quantitative estimate of drug-likeness (QED) is 0.879. The molecule has 0 saturated heterocycles. The minimum absolute atomic E-state index is 0.000825. The molecule has 0 radical (unpaired) electrons. The van der Waals surface area contributed by atoms with Crippen LogP contribution in [0.1, 0.15) is 50.4 Å². The molecule has 1 aromatic carbocycles. The Kier molecular flexibility index (Phi) is 5.05. The molecule has 0 spiro atoms. The van der Waals surface area contributed by atoms with Crippen LogP contribution in [-0.4, -0.2) is 18.5 Å². The molecule has 1 aliphatic rings. The molecule has 110 valence electrons. The summed E-state index contributed by atoms with van der Waals surface area (Å²) in [5.41, 5.74) is 1.78. The summed E-state index contributed by atoms with van der Waals surface area (Å²) in [7, 11) is 0. The molecule has 1 aliphatic carbocycles. The lowest BCUT2D eigenvalue weighted by molar-refractivity contribution is 0.0956. The van der Waals surface area contributed by atoms with Gasteiger partial charge in [-0.25, -0.2) is 0 Å². The Bertz CT molecular complexity index is 448. The van der Waals surface area contributed by atoms with Gasteiger partial charge < -0.3 is 10.6 Å². The SMILES string of the molecule is CCNC(=O)c1cccc(NC2C(C)CCCC2C)c1. The zero-order valence-corrected chi connectivity index (χ0v) is 12.8. The summed E-state index contributed by atoms with van der Waals surface area (Å²) in [6.45, 7) is 7.24. The number of nitrogens with one attached hydrogen (secondary N) is 2. The third-order valence-corrected chi connectivity index (χ3v) is 4.34. The normalized spacial score (nSPS) is 26.1. The number of carbonyl (C=O) groups excluding carboxylic acids is 1. The second-order valence-electron chi connectivity index (χ2n) is 6.00. The number of amides is 1. The van der Waals surface area contributed by atoms with Crippen LogP contribution >= 0.6 is 0 Å². The zero-order chi connectivity index (χ0) is 14.5. The smallest absolute Gasteiger partial charge is 0.251 e. The molecule has 20 heavy (non-hydrogen) atoms. The fourth-order valence-corrected chi connectivity index (χ4v) is 3.17. The highest BCUT2D eigenvalue weighted by Crippen LogP contribution is 2.31. The Hall–Kier alpha value is -1.51. The number of benzene rings is 1. The first-order valence-corrected chi connectivity index (χ1v) is 7.76. The molecule has 1 fully saturated rings. The van der Waals surface area contributed by atoms with Gasteiger partial charge in [0.1, 0.15) is 0 Å². The summed E-state index contributed by atoms with van der Waals surface area (Å²) in [5, 5.41) is 6.48. The first kappa shape index (κ1) is 14.9. The van der Waals surface area contributed by atoms with Crippen molar-refractivity contribution in [3.05, 3.63) is 29.8 Å². The second-order valence-corrected chi connectivity index (χ2v) is 6.00. The van der Waals surface area contributed by atoms with Crippen LogP contribution in [0, 0.1) is 11.8 Å². The van der Waals surface area contributed by atoms with Crippen molar-refractivity contribution in [3.8, 4) is 0 Å². The molecule has 3 heteroatoms. The lowest BCUT2D eigenvalue weighted by atomic mass is 9.78. The number of rotatable bonds is 4. The maximum atomic E-state index is 11.9. The predicted octanol–water partition coefficient (Wildman–Crippen LogP) is 3.67. The van der Waals surface area contributed by atoms with Crippen molar-refractivity contribution < 1.29 is 4.79 Å². The maximum absolute atomic E-state index is 11.9. The van der Waals surface area contributed by atoms with Crippen LogP contribution in [0.2, 0.25) is 0 Å². The van der Waals surface area contributed by atoms with E-state index in [1.165, 1.54) is 19.3 Å². The van der Waals surface area contributed by atoms with Gasteiger partial charge in [-0.3, -0.25) is 4.79 Å². The number of hydrogen-bond acceptors (Lipinski definition) is 2. The fraction of sp³-hybridized carbons (Fsp3) is 0.588. The van der Waals surface area contributed by atoms with E-state index in [0.29, 0.717) is 24.4 Å². The van der Waals surface area contributed by atoms with E-state index in [9.17, 15) is 4.79 Å². The number of anilines is 1. The Morgan fingerprint density at radius 3 is 2.60 bits per heavy atom. The van der Waals surface area contributed by atoms with Gasteiger partial charge in [0.2, 0.25) is 0 Å². The lowest BCUT2D eigenvalue weighted by Crippen LogP contribution is -2.37. The van der Waals surface area contributed by atoms with Crippen molar-refractivity contribution in [2.24, 2.45) is 11.8 Å². The van der Waals surface area contributed by atoms with Crippen molar-refractivity contribution in [2.45, 2.75) is 46.1 Å². The van der Waals surface area contributed by atoms with E-state index in [0.717, 1.165) is 11.3 Å². The Morgan fingerprint density at radius 1 is 1.25 bits per heavy atom. The fourth-order valence-electron chi connectivity index (χ4n) is 3.17. The zero-order valence-electron chi connectivity index (χ0n) is 12.8. The van der Waals surface area contributed by atoms with Crippen molar-refractivity contribution in [1.82, 2.24) is 5.32 Å². The summed E-state index contributed by atoms with van der Waals surface area (Å²) in [6.07, 6.45) is 3.91. The van der Waals surface area contributed by atoms with Gasteiger partial charge in [-0.05, 0) is 49.8 Å². The van der Waals surface area contributed by atoms with Crippen LogP contribution in [0.15, 0.2) is 24.3 Å². The lowest BCUT2D eigenvalue weighted by Gasteiger charge is -2.36. The van der Waals surface area contributed by atoms with Gasteiger partial charge in [0.15, 0.2) is 0 Å². The molecule has 2 N–H and O–H groups in total. The van der Waals surface area contributed by atoms with Crippen LogP contribution in [0.25, 0.3) is 0 Å². The molecule has 0 aliphatic heterocycles. The van der Waals surface area contributed by atoms with Crippen LogP contribution in [0.4, 0.5) is 5.69 Å². The maximum Gasteiger partial charge on any atom is 0.251 e. The first-order chi connectivity index (χ1) is 9.61. The van der Waals surface area contributed by atoms with E-state index in [-0.39, 0.29) is 5.91 Å². The topological polar surface area (TPSA) is 41.1 Å². The minimum atomic E-state index is 0.000825. The highest BCUT2D eigenvalue weighted by molar-refractivity contribution is 5.95. The minimum Gasteiger partial charge on any atom is -0.382 e. The highest BCUT2D eigenvalue weighted by atomic mass is 16.1. The average Bonchev–Trinajstić information content (AvgIpc) is 2.44. The summed E-state index contributed by atoms with van der Waals surface area (Å²) in [5.74, 6) is 1.37. The molecule has 2 unspecified atom stereocenters. The molecular formula is C17H26N2O. The van der Waals surface area contributed by atoms with Crippen molar-refractivity contribution >= 4 is 11.6 Å². The van der Waals surface area contributed by atoms with Crippen molar-refractivity contribution in [1.29, 1.82) is 0 Å². The van der Waals surface area contributed by atoms with Crippen molar-refractivity contribution in [2.75, 3.05) is 11.9 Å². The monoisotopic (exact) mass is 274 g/mol. The first-order valence-electron chi connectivity index (χ1n) is 7.76. The van der Waals surface area contributed by atoms with Gasteiger partial charge in [0, 0.05) is 23.8 Å². The van der Waals surface area contributed by atoms with E-state index in [2.05, 4.69) is 30.5 Å². The van der Waals surface area contributed by atoms with E-state index in [1.807, 2.05) is 25.1 Å². The number of carbonyl (C=O) groups is 1. The molecule has 2 atom stereocenters. The van der Waals surface area contributed by atoms with E-state index in [1.54, 1.807) is 0 Å². The average molecular weight is 274 g/mol. The number of hydrogen-bond donors (Lipinski definition) is 2. The molecule has 3 nitrogen and oxygen atoms in total. The van der Waals surface area contributed by atoms with E-state index >= 15 is 0 Å². The van der Waals surface area contributed by atoms with Crippen LogP contribution in [-0.2, 0) is 0 Å². The molecule has 0 aromatic heterocycles. The highest BCUT2D eigenvalue weighted by Gasteiger charge is 2.27. The van der Waals surface area contributed by atoms with E-state index < -0.39 is 0 Å². The van der Waals surface area contributed by atoms with Gasteiger partial charge in [0.05, 0.1) is 0 Å². The molecular weight excluding hydrogens is 248 g/mol. The van der Waals surface area contributed by atoms with Gasteiger partial charge in [0.25, 0.3) is 5.91 Å². The molecule has 0 bridgehead atoms. The molecule has 2 rings (SSSR count). The Balaban J connectivity index is 2.09. The standard InChI is InChI=1S/C17H26N2O/c1-4-18-17(20)14-9-6-10-15(11-14)19-16-12(2)7-5-8-13(16)3/h6,9-13,16,19H,4-5,7-8H2,1-3H3,(H,18,20). The van der Waals surface area contributed by atoms with Gasteiger partial charge in [-0.1, -0.05) is 26.3 Å². The second kappa shape index (κ2) is 6.78.